The maximum absolute atomic E-state index is 12.7. The number of amides is 2. The fourth-order valence-electron chi connectivity index (χ4n) is 2.86. The van der Waals surface area contributed by atoms with Crippen molar-refractivity contribution in [2.24, 2.45) is 5.92 Å². The average molecular weight is 407 g/mol. The molecule has 0 saturated carbocycles. The number of nitrogens with zero attached hydrogens (tertiary/aromatic N) is 2. The lowest BCUT2D eigenvalue weighted by Crippen LogP contribution is -2.44. The normalized spacial score (nSPS) is 15.7. The van der Waals surface area contributed by atoms with Crippen LogP contribution >= 0.6 is 11.6 Å². The highest BCUT2D eigenvalue weighted by molar-refractivity contribution is 6.33. The molecule has 2 amide bonds. The number of carbonyl (C=O) groups is 2. The molecule has 1 saturated heterocycles. The second-order valence-electron chi connectivity index (χ2n) is 6.73. The van der Waals surface area contributed by atoms with E-state index in [0.29, 0.717) is 25.9 Å². The van der Waals surface area contributed by atoms with Crippen molar-refractivity contribution in [1.29, 1.82) is 0 Å². The van der Waals surface area contributed by atoms with Gasteiger partial charge in [0, 0.05) is 31.2 Å². The average Bonchev–Trinajstić information content (AvgIpc) is 2.58. The Kier molecular flexibility index (Phi) is 6.91. The van der Waals surface area contributed by atoms with Gasteiger partial charge in [0.2, 0.25) is 11.8 Å². The summed E-state index contributed by atoms with van der Waals surface area (Å²) < 4.78 is 38.1. The van der Waals surface area contributed by atoms with E-state index in [2.05, 4.69) is 15.6 Å². The molecular weight excluding hydrogens is 385 g/mol. The first-order valence-electron chi connectivity index (χ1n) is 8.62. The molecule has 0 unspecified atom stereocenters. The van der Waals surface area contributed by atoms with Gasteiger partial charge < -0.3 is 15.5 Å². The minimum atomic E-state index is -4.50. The van der Waals surface area contributed by atoms with Gasteiger partial charge in [0.15, 0.2) is 0 Å². The van der Waals surface area contributed by atoms with Gasteiger partial charge in [-0.3, -0.25) is 9.59 Å². The van der Waals surface area contributed by atoms with E-state index < -0.39 is 11.7 Å². The Bertz CT molecular complexity index is 689. The van der Waals surface area contributed by atoms with Crippen LogP contribution in [-0.4, -0.2) is 42.5 Å². The quantitative estimate of drug-likeness (QED) is 0.788. The van der Waals surface area contributed by atoms with Crippen LogP contribution in [0.3, 0.4) is 0 Å². The highest BCUT2D eigenvalue weighted by Crippen LogP contribution is 2.34. The molecule has 0 aliphatic carbocycles. The van der Waals surface area contributed by atoms with Crippen molar-refractivity contribution in [1.82, 2.24) is 15.6 Å². The Hall–Kier alpha value is -2.03. The summed E-state index contributed by atoms with van der Waals surface area (Å²) in [5, 5.41) is 5.23. The zero-order chi connectivity index (χ0) is 20.2. The van der Waals surface area contributed by atoms with Crippen LogP contribution < -0.4 is 15.5 Å². The molecule has 0 bridgehead atoms. The first-order chi connectivity index (χ1) is 12.6. The molecule has 1 aliphatic rings. The standard InChI is InChI=1S/C17H22ClF3N4O2/c1-10(2)24-14(26)9-23-16(27)11-3-5-25(6-4-11)15-13(18)7-12(8-22-15)17(19,20)21/h7-8,10-11H,3-6,9H2,1-2H3,(H,23,27)(H,24,26). The van der Waals surface area contributed by atoms with Crippen molar-refractivity contribution in [3.63, 3.8) is 0 Å². The van der Waals surface area contributed by atoms with E-state index >= 15 is 0 Å². The Morgan fingerprint density at radius 2 is 1.96 bits per heavy atom. The molecule has 150 valence electrons. The van der Waals surface area contributed by atoms with E-state index in [9.17, 15) is 22.8 Å². The molecule has 1 aromatic heterocycles. The molecule has 0 atom stereocenters. The molecule has 10 heteroatoms. The number of hydrogen-bond acceptors (Lipinski definition) is 4. The lowest BCUT2D eigenvalue weighted by molar-refractivity contribution is -0.137. The molecule has 6 nitrogen and oxygen atoms in total. The summed E-state index contributed by atoms with van der Waals surface area (Å²) >= 11 is 5.97. The minimum absolute atomic E-state index is 0.00127. The van der Waals surface area contributed by atoms with Crippen LogP contribution in [0, 0.1) is 5.92 Å². The molecule has 1 aliphatic heterocycles. The third kappa shape index (κ3) is 5.98. The maximum Gasteiger partial charge on any atom is 0.417 e. The van der Waals surface area contributed by atoms with Gasteiger partial charge in [-0.1, -0.05) is 11.6 Å². The van der Waals surface area contributed by atoms with E-state index in [1.165, 1.54) is 0 Å². The van der Waals surface area contributed by atoms with E-state index in [1.54, 1.807) is 4.90 Å². The van der Waals surface area contributed by atoms with Crippen molar-refractivity contribution in [3.8, 4) is 0 Å². The molecule has 1 aromatic rings. The van der Waals surface area contributed by atoms with Crippen LogP contribution in [-0.2, 0) is 15.8 Å². The first-order valence-corrected chi connectivity index (χ1v) is 9.00. The van der Waals surface area contributed by atoms with Gasteiger partial charge in [0.05, 0.1) is 17.1 Å². The van der Waals surface area contributed by atoms with Crippen molar-refractivity contribution < 1.29 is 22.8 Å². The maximum atomic E-state index is 12.7. The van der Waals surface area contributed by atoms with Crippen molar-refractivity contribution in [3.05, 3.63) is 22.8 Å². The topological polar surface area (TPSA) is 74.3 Å². The Balaban J connectivity index is 1.88. The summed E-state index contributed by atoms with van der Waals surface area (Å²) in [7, 11) is 0. The SMILES string of the molecule is CC(C)NC(=O)CNC(=O)C1CCN(c2ncc(C(F)(F)F)cc2Cl)CC1. The van der Waals surface area contributed by atoms with Gasteiger partial charge >= 0.3 is 6.18 Å². The number of pyridine rings is 1. The summed E-state index contributed by atoms with van der Waals surface area (Å²) in [6.45, 7) is 4.46. The summed E-state index contributed by atoms with van der Waals surface area (Å²) in [6, 6.07) is 0.856. The third-order valence-electron chi connectivity index (χ3n) is 4.19. The smallest absolute Gasteiger partial charge is 0.355 e. The molecule has 2 heterocycles. The highest BCUT2D eigenvalue weighted by atomic mass is 35.5. The second-order valence-corrected chi connectivity index (χ2v) is 7.14. The Labute approximate surface area is 160 Å². The number of alkyl halides is 3. The molecule has 2 N–H and O–H groups in total. The number of rotatable bonds is 5. The van der Waals surface area contributed by atoms with E-state index in [1.807, 2.05) is 13.8 Å². The fourth-order valence-corrected chi connectivity index (χ4v) is 3.14. The number of anilines is 1. The zero-order valence-corrected chi connectivity index (χ0v) is 15.8. The largest absolute Gasteiger partial charge is 0.417 e. The van der Waals surface area contributed by atoms with Crippen LogP contribution in [0.2, 0.25) is 5.02 Å². The predicted octanol–water partition coefficient (Wildman–Crippen LogP) is 2.61. The summed E-state index contributed by atoms with van der Waals surface area (Å²) in [5.41, 5.74) is -0.898. The van der Waals surface area contributed by atoms with Crippen LogP contribution in [0.25, 0.3) is 0 Å². The highest BCUT2D eigenvalue weighted by Gasteiger charge is 2.33. The van der Waals surface area contributed by atoms with Crippen LogP contribution in [0.5, 0.6) is 0 Å². The van der Waals surface area contributed by atoms with E-state index in [4.69, 9.17) is 11.6 Å². The lowest BCUT2D eigenvalue weighted by atomic mass is 9.96. The van der Waals surface area contributed by atoms with Gasteiger partial charge in [0.1, 0.15) is 5.82 Å². The van der Waals surface area contributed by atoms with E-state index in [0.717, 1.165) is 12.3 Å². The summed E-state index contributed by atoms with van der Waals surface area (Å²) in [5.74, 6) is -0.447. The van der Waals surface area contributed by atoms with Crippen LogP contribution in [0.15, 0.2) is 12.3 Å². The number of hydrogen-bond donors (Lipinski definition) is 2. The molecule has 27 heavy (non-hydrogen) atoms. The van der Waals surface area contributed by atoms with Gasteiger partial charge in [-0.2, -0.15) is 13.2 Å². The monoisotopic (exact) mass is 406 g/mol. The molecule has 1 fully saturated rings. The lowest BCUT2D eigenvalue weighted by Gasteiger charge is -2.32. The van der Waals surface area contributed by atoms with Gasteiger partial charge in [-0.25, -0.2) is 4.98 Å². The molecule has 0 aromatic carbocycles. The second kappa shape index (κ2) is 8.77. The number of carbonyl (C=O) groups excluding carboxylic acids is 2. The number of nitrogens with one attached hydrogen (secondary N) is 2. The molecule has 0 radical (unpaired) electrons. The third-order valence-corrected chi connectivity index (χ3v) is 4.47. The van der Waals surface area contributed by atoms with Gasteiger partial charge in [-0.15, -0.1) is 0 Å². The van der Waals surface area contributed by atoms with E-state index in [-0.39, 0.29) is 41.2 Å². The Morgan fingerprint density at radius 3 is 2.48 bits per heavy atom. The van der Waals surface area contributed by atoms with Gasteiger partial charge in [0.25, 0.3) is 0 Å². The minimum Gasteiger partial charge on any atom is -0.355 e. The molecule has 0 spiro atoms. The predicted molar refractivity (Wildman–Crippen MR) is 95.5 cm³/mol. The number of aromatic nitrogens is 1. The molecule has 2 rings (SSSR count). The van der Waals surface area contributed by atoms with Crippen LogP contribution in [0.4, 0.5) is 19.0 Å². The summed E-state index contributed by atoms with van der Waals surface area (Å²) in [6.07, 6.45) is -2.75. The Morgan fingerprint density at radius 1 is 1.33 bits per heavy atom. The van der Waals surface area contributed by atoms with Crippen molar-refractivity contribution in [2.75, 3.05) is 24.5 Å². The van der Waals surface area contributed by atoms with Crippen LogP contribution in [0.1, 0.15) is 32.3 Å². The van der Waals surface area contributed by atoms with Gasteiger partial charge in [-0.05, 0) is 32.8 Å². The number of piperidine rings is 1. The van der Waals surface area contributed by atoms with Crippen molar-refractivity contribution in [2.45, 2.75) is 38.9 Å². The van der Waals surface area contributed by atoms with Crippen molar-refractivity contribution >= 4 is 29.2 Å². The number of halogens is 4. The summed E-state index contributed by atoms with van der Waals surface area (Å²) in [4.78, 5) is 29.4. The fraction of sp³-hybridized carbons (Fsp3) is 0.588. The molecular formula is C17H22ClF3N4O2. The zero-order valence-electron chi connectivity index (χ0n) is 15.1. The first kappa shape index (κ1) is 21.3.